The van der Waals surface area contributed by atoms with Gasteiger partial charge < -0.3 is 24.8 Å². The molecule has 3 aromatic rings. The minimum atomic E-state index is -0.239. The normalized spacial score (nSPS) is 15.1. The van der Waals surface area contributed by atoms with E-state index in [4.69, 9.17) is 14.2 Å². The third kappa shape index (κ3) is 4.11. The number of fused-ring (bicyclic) bond motifs is 2. The Hall–Kier alpha value is -3.41. The van der Waals surface area contributed by atoms with Crippen molar-refractivity contribution in [2.45, 2.75) is 12.6 Å². The Morgan fingerprint density at radius 3 is 2.68 bits per heavy atom. The molecule has 4 rings (SSSR count). The van der Waals surface area contributed by atoms with Crippen molar-refractivity contribution in [1.29, 1.82) is 0 Å². The van der Waals surface area contributed by atoms with E-state index in [1.54, 1.807) is 7.11 Å². The van der Waals surface area contributed by atoms with Crippen LogP contribution in [0.15, 0.2) is 60.7 Å². The van der Waals surface area contributed by atoms with E-state index in [0.717, 1.165) is 27.8 Å². The fourth-order valence-corrected chi connectivity index (χ4v) is 3.13. The van der Waals surface area contributed by atoms with Gasteiger partial charge in [-0.15, -0.1) is 0 Å². The average molecular weight is 378 g/mol. The highest BCUT2D eigenvalue weighted by Crippen LogP contribution is 2.30. The van der Waals surface area contributed by atoms with Crippen LogP contribution in [0.5, 0.6) is 17.2 Å². The second kappa shape index (κ2) is 8.08. The number of urea groups is 1. The first-order chi connectivity index (χ1) is 13.7. The zero-order chi connectivity index (χ0) is 19.3. The molecule has 1 aliphatic heterocycles. The summed E-state index contributed by atoms with van der Waals surface area (Å²) in [5.74, 6) is 2.26. The van der Waals surface area contributed by atoms with Gasteiger partial charge in [0.2, 0.25) is 0 Å². The second-order valence-corrected chi connectivity index (χ2v) is 6.61. The summed E-state index contributed by atoms with van der Waals surface area (Å²) >= 11 is 0. The average Bonchev–Trinajstić information content (AvgIpc) is 2.75. The summed E-state index contributed by atoms with van der Waals surface area (Å²) in [6, 6.07) is 19.3. The van der Waals surface area contributed by atoms with Crippen LogP contribution in [-0.4, -0.2) is 32.4 Å². The molecule has 2 N–H and O–H groups in total. The first kappa shape index (κ1) is 18.0. The lowest BCUT2D eigenvalue weighted by molar-refractivity contribution is 0.0918. The molecular formula is C22H22N2O4. The molecule has 0 bridgehead atoms. The van der Waals surface area contributed by atoms with E-state index in [1.165, 1.54) is 0 Å². The van der Waals surface area contributed by atoms with Crippen LogP contribution in [0.25, 0.3) is 10.8 Å². The smallest absolute Gasteiger partial charge is 0.315 e. The summed E-state index contributed by atoms with van der Waals surface area (Å²) in [6.45, 7) is 1.22. The molecule has 0 spiro atoms. The van der Waals surface area contributed by atoms with Gasteiger partial charge in [0.1, 0.15) is 12.4 Å². The van der Waals surface area contributed by atoms with Gasteiger partial charge in [0.15, 0.2) is 17.6 Å². The summed E-state index contributed by atoms with van der Waals surface area (Å²) in [7, 11) is 1.65. The molecular weight excluding hydrogens is 356 g/mol. The zero-order valence-electron chi connectivity index (χ0n) is 15.6. The van der Waals surface area contributed by atoms with Crippen molar-refractivity contribution in [1.82, 2.24) is 10.6 Å². The summed E-state index contributed by atoms with van der Waals surface area (Å²) in [5.41, 5.74) is 1.03. The Morgan fingerprint density at radius 2 is 1.82 bits per heavy atom. The predicted octanol–water partition coefficient (Wildman–Crippen LogP) is 3.49. The van der Waals surface area contributed by atoms with Crippen molar-refractivity contribution in [3.8, 4) is 17.2 Å². The molecule has 0 aromatic heterocycles. The Morgan fingerprint density at radius 1 is 1.04 bits per heavy atom. The molecule has 0 saturated carbocycles. The molecule has 144 valence electrons. The Bertz CT molecular complexity index is 989. The monoisotopic (exact) mass is 378 g/mol. The molecule has 3 aromatic carbocycles. The number of nitrogens with one attached hydrogen (secondary N) is 2. The van der Waals surface area contributed by atoms with Crippen LogP contribution in [0.2, 0.25) is 0 Å². The number of rotatable bonds is 5. The molecule has 0 saturated heterocycles. The highest BCUT2D eigenvalue weighted by atomic mass is 16.6. The van der Waals surface area contributed by atoms with Gasteiger partial charge in [-0.05, 0) is 46.7 Å². The van der Waals surface area contributed by atoms with Gasteiger partial charge in [-0.25, -0.2) is 4.79 Å². The number of amides is 2. The largest absolute Gasteiger partial charge is 0.497 e. The van der Waals surface area contributed by atoms with E-state index in [9.17, 15) is 4.79 Å². The van der Waals surface area contributed by atoms with Crippen LogP contribution in [0.1, 0.15) is 5.56 Å². The fourth-order valence-electron chi connectivity index (χ4n) is 3.13. The number of carbonyl (C=O) groups excluding carboxylic acids is 1. The van der Waals surface area contributed by atoms with Crippen LogP contribution in [0, 0.1) is 0 Å². The standard InChI is InChI=1S/C22H22N2O4/c1-26-18-9-8-16-10-15(6-7-17(16)11-18)12-23-22(25)24-13-19-14-27-20-4-2-3-5-21(20)28-19/h2-11,19H,12-14H2,1H3,(H2,23,24,25)/t19-/m0/s1. The van der Waals surface area contributed by atoms with Crippen molar-refractivity contribution in [3.63, 3.8) is 0 Å². The van der Waals surface area contributed by atoms with Crippen LogP contribution in [0.4, 0.5) is 4.79 Å². The molecule has 2 amide bonds. The van der Waals surface area contributed by atoms with Crippen molar-refractivity contribution >= 4 is 16.8 Å². The summed E-state index contributed by atoms with van der Waals surface area (Å²) in [6.07, 6.45) is -0.212. The molecule has 0 radical (unpaired) electrons. The van der Waals surface area contributed by atoms with Crippen molar-refractivity contribution in [3.05, 3.63) is 66.2 Å². The lowest BCUT2D eigenvalue weighted by Gasteiger charge is -2.26. The third-order valence-electron chi connectivity index (χ3n) is 4.62. The van der Waals surface area contributed by atoms with Crippen LogP contribution >= 0.6 is 0 Å². The number of methoxy groups -OCH3 is 1. The van der Waals surface area contributed by atoms with Crippen molar-refractivity contribution in [2.24, 2.45) is 0 Å². The maximum absolute atomic E-state index is 12.1. The van der Waals surface area contributed by atoms with E-state index in [0.29, 0.717) is 25.4 Å². The molecule has 1 aliphatic rings. The van der Waals surface area contributed by atoms with Gasteiger partial charge >= 0.3 is 6.03 Å². The number of benzene rings is 3. The molecule has 0 fully saturated rings. The van der Waals surface area contributed by atoms with Crippen LogP contribution < -0.4 is 24.8 Å². The maximum atomic E-state index is 12.1. The maximum Gasteiger partial charge on any atom is 0.315 e. The van der Waals surface area contributed by atoms with Gasteiger partial charge in [0, 0.05) is 6.54 Å². The van der Waals surface area contributed by atoms with Gasteiger partial charge in [-0.3, -0.25) is 0 Å². The lowest BCUT2D eigenvalue weighted by atomic mass is 10.1. The number of ether oxygens (including phenoxy) is 3. The van der Waals surface area contributed by atoms with E-state index in [2.05, 4.69) is 16.7 Å². The fraction of sp³-hybridized carbons (Fsp3) is 0.227. The molecule has 0 unspecified atom stereocenters. The van der Waals surface area contributed by atoms with Crippen molar-refractivity contribution < 1.29 is 19.0 Å². The number of hydrogen-bond donors (Lipinski definition) is 2. The molecule has 28 heavy (non-hydrogen) atoms. The van der Waals surface area contributed by atoms with Gasteiger partial charge in [-0.1, -0.05) is 30.3 Å². The van der Waals surface area contributed by atoms with Gasteiger partial charge in [-0.2, -0.15) is 0 Å². The minimum Gasteiger partial charge on any atom is -0.497 e. The molecule has 0 aliphatic carbocycles. The second-order valence-electron chi connectivity index (χ2n) is 6.61. The SMILES string of the molecule is COc1ccc2cc(CNC(=O)NC[C@H]3COc4ccccc4O3)ccc2c1. The number of hydrogen-bond acceptors (Lipinski definition) is 4. The molecule has 1 heterocycles. The van der Waals surface area contributed by atoms with Gasteiger partial charge in [0.05, 0.1) is 13.7 Å². The van der Waals surface area contributed by atoms with E-state index in [-0.39, 0.29) is 12.1 Å². The van der Waals surface area contributed by atoms with E-state index < -0.39 is 0 Å². The molecule has 6 nitrogen and oxygen atoms in total. The predicted molar refractivity (Wildman–Crippen MR) is 107 cm³/mol. The lowest BCUT2D eigenvalue weighted by Crippen LogP contribution is -2.44. The summed E-state index contributed by atoms with van der Waals surface area (Å²) in [5, 5.41) is 7.91. The topological polar surface area (TPSA) is 68.8 Å². The first-order valence-electron chi connectivity index (χ1n) is 9.18. The molecule has 6 heteroatoms. The Balaban J connectivity index is 1.27. The molecule has 1 atom stereocenters. The number of para-hydroxylation sites is 2. The number of carbonyl (C=O) groups is 1. The Kier molecular flexibility index (Phi) is 5.19. The summed E-state index contributed by atoms with van der Waals surface area (Å²) < 4.78 is 16.7. The quantitative estimate of drug-likeness (QED) is 0.713. The van der Waals surface area contributed by atoms with Crippen LogP contribution in [0.3, 0.4) is 0 Å². The van der Waals surface area contributed by atoms with E-state index in [1.807, 2.05) is 54.6 Å². The van der Waals surface area contributed by atoms with Crippen molar-refractivity contribution in [2.75, 3.05) is 20.3 Å². The third-order valence-corrected chi connectivity index (χ3v) is 4.62. The Labute approximate surface area is 163 Å². The minimum absolute atomic E-state index is 0.212. The van der Waals surface area contributed by atoms with Crippen LogP contribution in [-0.2, 0) is 6.54 Å². The zero-order valence-corrected chi connectivity index (χ0v) is 15.6. The van der Waals surface area contributed by atoms with Gasteiger partial charge in [0.25, 0.3) is 0 Å². The highest BCUT2D eigenvalue weighted by molar-refractivity contribution is 5.84. The highest BCUT2D eigenvalue weighted by Gasteiger charge is 2.20. The first-order valence-corrected chi connectivity index (χ1v) is 9.18. The van der Waals surface area contributed by atoms with E-state index >= 15 is 0 Å². The summed E-state index contributed by atoms with van der Waals surface area (Å²) in [4.78, 5) is 12.1.